The maximum atomic E-state index is 11.2. The number of allylic oxidation sites excluding steroid dienone is 2. The fourth-order valence-corrected chi connectivity index (χ4v) is 2.68. The molecule has 1 heterocycles. The van der Waals surface area contributed by atoms with E-state index < -0.39 is 0 Å². The molecular formula is C16H21N3O2. The molecule has 1 aliphatic rings. The quantitative estimate of drug-likeness (QED) is 0.681. The highest BCUT2D eigenvalue weighted by molar-refractivity contribution is 5.82. The molecule has 0 aromatic heterocycles. The highest BCUT2D eigenvalue weighted by atomic mass is 16.5. The first-order valence-electron chi connectivity index (χ1n) is 6.83. The Bertz CT molecular complexity index is 591. The van der Waals surface area contributed by atoms with E-state index in [1.807, 2.05) is 19.2 Å². The fourth-order valence-electron chi connectivity index (χ4n) is 2.68. The highest BCUT2D eigenvalue weighted by Crippen LogP contribution is 2.46. The number of rotatable bonds is 4. The predicted molar refractivity (Wildman–Crippen MR) is 84.5 cm³/mol. The summed E-state index contributed by atoms with van der Waals surface area (Å²) >= 11 is 0. The summed E-state index contributed by atoms with van der Waals surface area (Å²) < 4.78 is 4.72. The van der Waals surface area contributed by atoms with Crippen LogP contribution in [-0.4, -0.2) is 32.9 Å². The Kier molecular flexibility index (Phi) is 4.43. The van der Waals surface area contributed by atoms with Crippen LogP contribution in [0.3, 0.4) is 0 Å². The molecule has 5 heteroatoms. The third-order valence-corrected chi connectivity index (χ3v) is 3.71. The number of ether oxygens (including phenoxy) is 1. The Hall–Kier alpha value is -2.14. The second-order valence-electron chi connectivity index (χ2n) is 5.50. The van der Waals surface area contributed by atoms with E-state index in [0.29, 0.717) is 0 Å². The van der Waals surface area contributed by atoms with Crippen molar-refractivity contribution in [2.75, 3.05) is 25.7 Å². The number of hydrogen-bond donors (Lipinski definition) is 1. The molecule has 2 rings (SSSR count). The van der Waals surface area contributed by atoms with Crippen molar-refractivity contribution in [1.29, 1.82) is 0 Å². The summed E-state index contributed by atoms with van der Waals surface area (Å²) in [5.74, 6) is -0.269. The van der Waals surface area contributed by atoms with Gasteiger partial charge in [-0.05, 0) is 17.7 Å². The predicted octanol–water partition coefficient (Wildman–Crippen LogP) is 2.05. The number of fused-ring (bicyclic) bond motifs is 1. The number of anilines is 1. The van der Waals surface area contributed by atoms with Gasteiger partial charge in [0.25, 0.3) is 5.91 Å². The summed E-state index contributed by atoms with van der Waals surface area (Å²) in [6, 6.07) is 8.34. The van der Waals surface area contributed by atoms with Crippen LogP contribution in [-0.2, 0) is 14.9 Å². The van der Waals surface area contributed by atoms with Crippen LogP contribution in [0.2, 0.25) is 0 Å². The Balaban J connectivity index is 2.16. The minimum atomic E-state index is -0.269. The summed E-state index contributed by atoms with van der Waals surface area (Å²) in [5.41, 5.74) is 5.94. The molecule has 1 aliphatic heterocycles. The van der Waals surface area contributed by atoms with Crippen molar-refractivity contribution in [3.8, 4) is 0 Å². The minimum absolute atomic E-state index is 0.00471. The van der Waals surface area contributed by atoms with Crippen molar-refractivity contribution in [3.05, 3.63) is 41.6 Å². The summed E-state index contributed by atoms with van der Waals surface area (Å²) in [6.45, 7) is 4.36. The molecule has 0 radical (unpaired) electrons. The fraction of sp³-hybridized carbons (Fsp3) is 0.375. The number of para-hydroxylation sites is 1. The van der Waals surface area contributed by atoms with Crippen molar-refractivity contribution in [1.82, 2.24) is 5.43 Å². The first-order chi connectivity index (χ1) is 9.98. The van der Waals surface area contributed by atoms with Crippen molar-refractivity contribution < 1.29 is 9.53 Å². The number of hydrogen-bond acceptors (Lipinski definition) is 4. The van der Waals surface area contributed by atoms with Gasteiger partial charge in [-0.15, -0.1) is 0 Å². The number of likely N-dealkylation sites (N-methyl/N-ethyl adjacent to an activating group) is 1. The lowest BCUT2D eigenvalue weighted by Crippen LogP contribution is -2.24. The van der Waals surface area contributed by atoms with Gasteiger partial charge in [-0.2, -0.15) is 5.10 Å². The first kappa shape index (κ1) is 15.3. The van der Waals surface area contributed by atoms with E-state index in [0.717, 1.165) is 5.70 Å². The van der Waals surface area contributed by atoms with E-state index >= 15 is 0 Å². The standard InChI is InChI=1S/C16H21N3O2/c1-16(2)12-7-5-6-8-13(12)19(3)14(16)9-10-17-18-15(20)11-21-4/h5-10H,11H2,1-4H3,(H,18,20)/b14-9-,17-10+. The number of hydrazone groups is 1. The Morgan fingerprint density at radius 3 is 2.81 bits per heavy atom. The lowest BCUT2D eigenvalue weighted by Gasteiger charge is -2.23. The summed E-state index contributed by atoms with van der Waals surface area (Å²) in [6.07, 6.45) is 3.53. The van der Waals surface area contributed by atoms with Gasteiger partial charge in [-0.1, -0.05) is 32.0 Å². The second kappa shape index (κ2) is 6.10. The van der Waals surface area contributed by atoms with Crippen LogP contribution < -0.4 is 10.3 Å². The lowest BCUT2D eigenvalue weighted by molar-refractivity contribution is -0.124. The van der Waals surface area contributed by atoms with Crippen LogP contribution >= 0.6 is 0 Å². The van der Waals surface area contributed by atoms with E-state index in [9.17, 15) is 4.79 Å². The lowest BCUT2D eigenvalue weighted by atomic mass is 9.84. The van der Waals surface area contributed by atoms with Crippen LogP contribution in [0.15, 0.2) is 41.1 Å². The number of carbonyl (C=O) groups excluding carboxylic acids is 1. The van der Waals surface area contributed by atoms with Gasteiger partial charge in [-0.3, -0.25) is 4.79 Å². The molecule has 1 amide bonds. The van der Waals surface area contributed by atoms with Crippen LogP contribution in [0.1, 0.15) is 19.4 Å². The topological polar surface area (TPSA) is 53.9 Å². The zero-order valence-corrected chi connectivity index (χ0v) is 12.9. The molecule has 1 aromatic carbocycles. The van der Waals surface area contributed by atoms with Gasteiger partial charge in [0.1, 0.15) is 6.61 Å². The van der Waals surface area contributed by atoms with Crippen molar-refractivity contribution in [3.63, 3.8) is 0 Å². The zero-order valence-electron chi connectivity index (χ0n) is 12.9. The SMILES string of the molecule is COCC(=O)N/N=C/C=C1\N(C)c2ccccc2C1(C)C. The number of nitrogens with one attached hydrogen (secondary N) is 1. The number of nitrogens with zero attached hydrogens (tertiary/aromatic N) is 2. The molecule has 0 spiro atoms. The van der Waals surface area contributed by atoms with Crippen molar-refractivity contribution in [2.24, 2.45) is 5.10 Å². The molecule has 0 unspecified atom stereocenters. The molecule has 21 heavy (non-hydrogen) atoms. The number of methoxy groups -OCH3 is 1. The first-order valence-corrected chi connectivity index (χ1v) is 6.83. The summed E-state index contributed by atoms with van der Waals surface area (Å²) in [5, 5.41) is 3.91. The molecular weight excluding hydrogens is 266 g/mol. The summed E-state index contributed by atoms with van der Waals surface area (Å²) in [4.78, 5) is 13.4. The molecule has 0 bridgehead atoms. The summed E-state index contributed by atoms with van der Waals surface area (Å²) in [7, 11) is 3.51. The number of carbonyl (C=O) groups is 1. The minimum Gasteiger partial charge on any atom is -0.375 e. The smallest absolute Gasteiger partial charge is 0.266 e. The molecule has 0 fully saturated rings. The van der Waals surface area contributed by atoms with Crippen LogP contribution in [0.5, 0.6) is 0 Å². The molecule has 0 saturated heterocycles. The van der Waals surface area contributed by atoms with E-state index in [1.165, 1.54) is 18.4 Å². The Morgan fingerprint density at radius 2 is 2.14 bits per heavy atom. The molecule has 0 atom stereocenters. The van der Waals surface area contributed by atoms with E-state index in [4.69, 9.17) is 4.74 Å². The normalized spacial score (nSPS) is 18.3. The van der Waals surface area contributed by atoms with Gasteiger partial charge in [0.15, 0.2) is 0 Å². The van der Waals surface area contributed by atoms with Gasteiger partial charge >= 0.3 is 0 Å². The molecule has 0 saturated carbocycles. The average Bonchev–Trinajstić information content (AvgIpc) is 2.64. The average molecular weight is 287 g/mol. The van der Waals surface area contributed by atoms with Crippen LogP contribution in [0.4, 0.5) is 5.69 Å². The second-order valence-corrected chi connectivity index (χ2v) is 5.50. The van der Waals surface area contributed by atoms with Gasteiger partial charge < -0.3 is 9.64 Å². The molecule has 1 N–H and O–H groups in total. The van der Waals surface area contributed by atoms with Gasteiger partial charge in [0.2, 0.25) is 0 Å². The zero-order chi connectivity index (χ0) is 15.5. The van der Waals surface area contributed by atoms with Crippen LogP contribution in [0, 0.1) is 0 Å². The third kappa shape index (κ3) is 2.97. The van der Waals surface area contributed by atoms with E-state index in [1.54, 1.807) is 6.21 Å². The number of benzene rings is 1. The van der Waals surface area contributed by atoms with Crippen molar-refractivity contribution in [2.45, 2.75) is 19.3 Å². The van der Waals surface area contributed by atoms with E-state index in [-0.39, 0.29) is 17.9 Å². The highest BCUT2D eigenvalue weighted by Gasteiger charge is 2.37. The van der Waals surface area contributed by atoms with Gasteiger partial charge in [0, 0.05) is 37.2 Å². The van der Waals surface area contributed by atoms with Gasteiger partial charge in [0.05, 0.1) is 0 Å². The van der Waals surface area contributed by atoms with Crippen molar-refractivity contribution >= 4 is 17.8 Å². The van der Waals surface area contributed by atoms with E-state index in [2.05, 4.69) is 47.5 Å². The Morgan fingerprint density at radius 1 is 1.43 bits per heavy atom. The molecule has 1 aromatic rings. The monoisotopic (exact) mass is 287 g/mol. The third-order valence-electron chi connectivity index (χ3n) is 3.71. The molecule has 5 nitrogen and oxygen atoms in total. The number of amides is 1. The Labute approximate surface area is 125 Å². The maximum absolute atomic E-state index is 11.2. The van der Waals surface area contributed by atoms with Crippen LogP contribution in [0.25, 0.3) is 0 Å². The maximum Gasteiger partial charge on any atom is 0.266 e. The van der Waals surface area contributed by atoms with Gasteiger partial charge in [-0.25, -0.2) is 5.43 Å². The molecule has 0 aliphatic carbocycles. The molecule has 112 valence electrons. The largest absolute Gasteiger partial charge is 0.375 e.